The Hall–Kier alpha value is -3.49. The normalized spacial score (nSPS) is 19.2. The molecule has 38 heavy (non-hydrogen) atoms. The molecule has 1 saturated heterocycles. The summed E-state index contributed by atoms with van der Waals surface area (Å²) in [6, 6.07) is 15.2. The van der Waals surface area contributed by atoms with Gasteiger partial charge in [0.25, 0.3) is 0 Å². The highest BCUT2D eigenvalue weighted by Gasteiger charge is 2.39. The van der Waals surface area contributed by atoms with Gasteiger partial charge in [0.1, 0.15) is 24.0 Å². The fraction of sp³-hybridized carbons (Fsp3) is 0.400. The second-order valence-corrected chi connectivity index (χ2v) is 10.00. The van der Waals surface area contributed by atoms with Crippen LogP contribution in [0, 0.1) is 18.7 Å². The number of halogens is 1. The van der Waals surface area contributed by atoms with Crippen molar-refractivity contribution in [2.75, 3.05) is 38.3 Å². The van der Waals surface area contributed by atoms with Crippen LogP contribution in [0.3, 0.4) is 0 Å². The number of hydrogen-bond acceptors (Lipinski definition) is 6. The lowest BCUT2D eigenvalue weighted by atomic mass is 9.99. The molecule has 3 aromatic rings. The van der Waals surface area contributed by atoms with E-state index < -0.39 is 11.9 Å². The van der Waals surface area contributed by atoms with Crippen molar-refractivity contribution in [2.24, 2.45) is 5.92 Å². The summed E-state index contributed by atoms with van der Waals surface area (Å²) in [6.07, 6.45) is 2.04. The fourth-order valence-electron chi connectivity index (χ4n) is 5.62. The predicted octanol–water partition coefficient (Wildman–Crippen LogP) is 4.39. The van der Waals surface area contributed by atoms with Gasteiger partial charge in [0.05, 0.1) is 24.3 Å². The first-order valence-electron chi connectivity index (χ1n) is 13.2. The highest BCUT2D eigenvalue weighted by atomic mass is 19.1. The SMILES string of the molecule is COC[C@@H]1[C@H](C(=O)O)CCN1c1cccc(-c2cccc(C)c2OCc2ccc3c(c2F)CCNCC3)n1. The summed E-state index contributed by atoms with van der Waals surface area (Å²) >= 11 is 0. The molecule has 1 aromatic heterocycles. The lowest BCUT2D eigenvalue weighted by Crippen LogP contribution is -2.39. The van der Waals surface area contributed by atoms with E-state index in [9.17, 15) is 9.90 Å². The number of aryl methyl sites for hydroxylation is 1. The number of carboxylic acids is 1. The standard InChI is InChI=1S/C30H34FN3O4/c1-19-5-3-6-23(29(19)38-17-21-10-9-20-11-14-32-15-12-22(20)28(21)31)25-7-4-8-27(33-25)34-16-13-24(30(35)36)26(34)18-37-2/h3-10,24,26,32H,11-18H2,1-2H3,(H,35,36)/t24-,26-/m1/s1. The van der Waals surface area contributed by atoms with Gasteiger partial charge >= 0.3 is 5.97 Å². The molecule has 0 unspecified atom stereocenters. The molecule has 0 amide bonds. The zero-order valence-corrected chi connectivity index (χ0v) is 21.9. The number of benzene rings is 2. The summed E-state index contributed by atoms with van der Waals surface area (Å²) in [4.78, 5) is 18.7. The van der Waals surface area contributed by atoms with Gasteiger partial charge in [-0.15, -0.1) is 0 Å². The number of ether oxygens (including phenoxy) is 2. The number of aromatic nitrogens is 1. The fourth-order valence-corrected chi connectivity index (χ4v) is 5.62. The molecule has 0 radical (unpaired) electrons. The van der Waals surface area contributed by atoms with Crippen molar-refractivity contribution in [2.45, 2.75) is 38.8 Å². The Morgan fingerprint density at radius 3 is 2.79 bits per heavy atom. The van der Waals surface area contributed by atoms with Gasteiger partial charge in [0.2, 0.25) is 0 Å². The number of anilines is 1. The molecule has 200 valence electrons. The van der Waals surface area contributed by atoms with Gasteiger partial charge in [-0.2, -0.15) is 0 Å². The lowest BCUT2D eigenvalue weighted by Gasteiger charge is -2.27. The zero-order valence-electron chi connectivity index (χ0n) is 21.9. The number of rotatable bonds is 8. The van der Waals surface area contributed by atoms with Gasteiger partial charge in [-0.05, 0) is 74.2 Å². The van der Waals surface area contributed by atoms with E-state index >= 15 is 4.39 Å². The Morgan fingerprint density at radius 1 is 1.16 bits per heavy atom. The van der Waals surface area contributed by atoms with Crippen molar-refractivity contribution in [3.05, 3.63) is 76.6 Å². The minimum Gasteiger partial charge on any atom is -0.488 e. The van der Waals surface area contributed by atoms with Crippen molar-refractivity contribution >= 4 is 11.8 Å². The maximum atomic E-state index is 15.4. The number of aliphatic carboxylic acids is 1. The molecule has 0 spiro atoms. The largest absolute Gasteiger partial charge is 0.488 e. The number of pyridine rings is 1. The van der Waals surface area contributed by atoms with Crippen LogP contribution in [0.4, 0.5) is 10.2 Å². The third-order valence-electron chi connectivity index (χ3n) is 7.63. The summed E-state index contributed by atoms with van der Waals surface area (Å²) in [5.41, 5.74) is 4.84. The first-order valence-corrected chi connectivity index (χ1v) is 13.2. The molecule has 2 aromatic carbocycles. The van der Waals surface area contributed by atoms with E-state index in [-0.39, 0.29) is 18.5 Å². The summed E-state index contributed by atoms with van der Waals surface area (Å²) in [7, 11) is 1.58. The number of nitrogens with one attached hydrogen (secondary N) is 1. The number of methoxy groups -OCH3 is 1. The average molecular weight is 520 g/mol. The van der Waals surface area contributed by atoms with Gasteiger partial charge in [-0.1, -0.05) is 30.3 Å². The molecule has 7 nitrogen and oxygen atoms in total. The van der Waals surface area contributed by atoms with E-state index in [1.165, 1.54) is 0 Å². The molecule has 0 aliphatic carbocycles. The molecule has 3 heterocycles. The second kappa shape index (κ2) is 11.5. The number of carbonyl (C=O) groups is 1. The quantitative estimate of drug-likeness (QED) is 0.457. The maximum Gasteiger partial charge on any atom is 0.308 e. The van der Waals surface area contributed by atoms with E-state index in [0.717, 1.165) is 41.8 Å². The predicted molar refractivity (Wildman–Crippen MR) is 144 cm³/mol. The molecular weight excluding hydrogens is 485 g/mol. The van der Waals surface area contributed by atoms with Crippen molar-refractivity contribution in [1.29, 1.82) is 0 Å². The molecule has 1 fully saturated rings. The molecule has 0 saturated carbocycles. The van der Waals surface area contributed by atoms with Crippen molar-refractivity contribution in [1.82, 2.24) is 10.3 Å². The van der Waals surface area contributed by atoms with Crippen molar-refractivity contribution in [3.8, 4) is 17.0 Å². The van der Waals surface area contributed by atoms with E-state index in [0.29, 0.717) is 48.8 Å². The monoisotopic (exact) mass is 519 g/mol. The van der Waals surface area contributed by atoms with Crippen LogP contribution in [-0.2, 0) is 29.0 Å². The van der Waals surface area contributed by atoms with E-state index in [4.69, 9.17) is 14.5 Å². The molecule has 0 bridgehead atoms. The Balaban J connectivity index is 1.42. The van der Waals surface area contributed by atoms with E-state index in [2.05, 4.69) is 5.32 Å². The molecule has 8 heteroatoms. The van der Waals surface area contributed by atoms with Gasteiger partial charge in [-0.25, -0.2) is 9.37 Å². The van der Waals surface area contributed by atoms with Crippen LogP contribution in [0.5, 0.6) is 5.75 Å². The maximum absolute atomic E-state index is 15.4. The lowest BCUT2D eigenvalue weighted by molar-refractivity contribution is -0.142. The van der Waals surface area contributed by atoms with Gasteiger partial charge in [0.15, 0.2) is 0 Å². The van der Waals surface area contributed by atoms with E-state index in [1.807, 2.05) is 60.4 Å². The van der Waals surface area contributed by atoms with Crippen LogP contribution in [0.25, 0.3) is 11.3 Å². The Labute approximate surface area is 222 Å². The molecule has 2 atom stereocenters. The van der Waals surface area contributed by atoms with Crippen LogP contribution in [0.15, 0.2) is 48.5 Å². The van der Waals surface area contributed by atoms with Crippen LogP contribution >= 0.6 is 0 Å². The Bertz CT molecular complexity index is 1310. The molecular formula is C30H34FN3O4. The van der Waals surface area contributed by atoms with Crippen molar-refractivity contribution < 1.29 is 23.8 Å². The highest BCUT2D eigenvalue weighted by Crippen LogP contribution is 2.36. The van der Waals surface area contributed by atoms with Crippen LogP contribution in [-0.4, -0.2) is 55.5 Å². The van der Waals surface area contributed by atoms with Crippen molar-refractivity contribution in [3.63, 3.8) is 0 Å². The molecule has 2 aliphatic heterocycles. The Morgan fingerprint density at radius 2 is 1.97 bits per heavy atom. The van der Waals surface area contributed by atoms with Crippen LogP contribution < -0.4 is 15.0 Å². The Kier molecular flexibility index (Phi) is 7.90. The smallest absolute Gasteiger partial charge is 0.308 e. The van der Waals surface area contributed by atoms with E-state index in [1.54, 1.807) is 7.11 Å². The minimum absolute atomic E-state index is 0.117. The number of carboxylic acid groups (broad SMARTS) is 1. The first kappa shape index (κ1) is 26.1. The third kappa shape index (κ3) is 5.24. The topological polar surface area (TPSA) is 83.9 Å². The third-order valence-corrected chi connectivity index (χ3v) is 7.63. The van der Waals surface area contributed by atoms with Crippen LogP contribution in [0.1, 0.15) is 28.7 Å². The zero-order chi connectivity index (χ0) is 26.6. The van der Waals surface area contributed by atoms with Crippen LogP contribution in [0.2, 0.25) is 0 Å². The van der Waals surface area contributed by atoms with Gasteiger partial charge in [-0.3, -0.25) is 4.79 Å². The van der Waals surface area contributed by atoms with Gasteiger partial charge < -0.3 is 24.8 Å². The number of para-hydroxylation sites is 1. The summed E-state index contributed by atoms with van der Waals surface area (Å²) in [5, 5.41) is 13.0. The summed E-state index contributed by atoms with van der Waals surface area (Å²) < 4.78 is 27.0. The first-order chi connectivity index (χ1) is 18.5. The second-order valence-electron chi connectivity index (χ2n) is 10.00. The average Bonchev–Trinajstić information content (AvgIpc) is 3.18. The highest BCUT2D eigenvalue weighted by molar-refractivity contribution is 5.74. The molecule has 2 N–H and O–H groups in total. The molecule has 5 rings (SSSR count). The summed E-state index contributed by atoms with van der Waals surface area (Å²) in [6.45, 7) is 4.62. The number of hydrogen-bond donors (Lipinski definition) is 2. The number of fused-ring (bicyclic) bond motifs is 1. The summed E-state index contributed by atoms with van der Waals surface area (Å²) in [5.74, 6) is -0.142. The molecule has 2 aliphatic rings. The van der Waals surface area contributed by atoms with Gasteiger partial charge in [0, 0.05) is 24.8 Å². The number of nitrogens with zero attached hydrogens (tertiary/aromatic N) is 2. The minimum atomic E-state index is -0.818.